The largest absolute Gasteiger partial charge is 0.323 e. The van der Waals surface area contributed by atoms with Crippen molar-refractivity contribution in [3.05, 3.63) is 156 Å². The van der Waals surface area contributed by atoms with Crippen LogP contribution in [0.3, 0.4) is 0 Å². The van der Waals surface area contributed by atoms with Crippen molar-refractivity contribution in [1.29, 1.82) is 0 Å². The summed E-state index contributed by atoms with van der Waals surface area (Å²) < 4.78 is 2.45. The first-order chi connectivity index (χ1) is 21.4. The Balaban J connectivity index is 1.41. The molecule has 43 heavy (non-hydrogen) atoms. The fraction of sp³-hybridized carbons (Fsp3) is 0.0750. The quantitative estimate of drug-likeness (QED) is 0.212. The minimum Gasteiger partial charge on any atom is -0.323 e. The van der Waals surface area contributed by atoms with Crippen LogP contribution < -0.4 is 4.90 Å². The van der Waals surface area contributed by atoms with Crippen LogP contribution in [0.1, 0.15) is 28.2 Å². The molecule has 0 saturated carbocycles. The van der Waals surface area contributed by atoms with E-state index in [1.807, 2.05) is 6.07 Å². The Bertz CT molecular complexity index is 2290. The molecule has 3 nitrogen and oxygen atoms in total. The average molecular weight is 548 g/mol. The summed E-state index contributed by atoms with van der Waals surface area (Å²) in [6, 6.07) is 50.9. The third-order valence-corrected chi connectivity index (χ3v) is 9.52. The smallest absolute Gasteiger partial charge is 0.136 e. The maximum atomic E-state index is 5.03. The van der Waals surface area contributed by atoms with Gasteiger partial charge in [0.25, 0.3) is 0 Å². The van der Waals surface area contributed by atoms with Gasteiger partial charge in [-0.25, -0.2) is 0 Å². The highest BCUT2D eigenvalue weighted by Gasteiger charge is 2.37. The van der Waals surface area contributed by atoms with E-state index < -0.39 is 0 Å². The summed E-state index contributed by atoms with van der Waals surface area (Å²) in [4.78, 5) is 7.51. The summed E-state index contributed by atoms with van der Waals surface area (Å²) in [5.74, 6) is 1.24. The second-order valence-electron chi connectivity index (χ2n) is 11.6. The van der Waals surface area contributed by atoms with Gasteiger partial charge in [0.1, 0.15) is 5.84 Å². The predicted molar refractivity (Wildman–Crippen MR) is 175 cm³/mol. The van der Waals surface area contributed by atoms with Crippen LogP contribution in [0.4, 0.5) is 5.69 Å². The molecule has 3 heteroatoms. The molecule has 0 radical (unpaired) electrons. The van der Waals surface area contributed by atoms with E-state index in [2.05, 4.69) is 137 Å². The van der Waals surface area contributed by atoms with Crippen molar-refractivity contribution in [3.63, 3.8) is 0 Å². The van der Waals surface area contributed by atoms with E-state index in [9.17, 15) is 0 Å². The average Bonchev–Trinajstić information content (AvgIpc) is 3.78. The van der Waals surface area contributed by atoms with E-state index in [0.717, 1.165) is 30.2 Å². The molecule has 200 valence electrons. The van der Waals surface area contributed by atoms with Gasteiger partial charge < -0.3 is 9.47 Å². The predicted octanol–water partition coefficient (Wildman–Crippen LogP) is 8.79. The highest BCUT2D eigenvalue weighted by atomic mass is 15.3. The Morgan fingerprint density at radius 1 is 0.651 bits per heavy atom. The third kappa shape index (κ3) is 2.97. The lowest BCUT2D eigenvalue weighted by molar-refractivity contribution is 1.02. The molecule has 2 aliphatic heterocycles. The second kappa shape index (κ2) is 8.47. The number of aromatic nitrogens is 1. The molecule has 3 aliphatic rings. The fourth-order valence-corrected chi connectivity index (χ4v) is 7.88. The highest BCUT2D eigenvalue weighted by Crippen LogP contribution is 2.55. The van der Waals surface area contributed by atoms with Gasteiger partial charge in [-0.05, 0) is 58.7 Å². The number of anilines is 1. The number of fused-ring (bicyclic) bond motifs is 14. The molecule has 3 heterocycles. The third-order valence-electron chi connectivity index (χ3n) is 9.52. The van der Waals surface area contributed by atoms with Crippen LogP contribution in [-0.2, 0) is 0 Å². The zero-order chi connectivity index (χ0) is 28.1. The van der Waals surface area contributed by atoms with Crippen LogP contribution in [0.2, 0.25) is 0 Å². The lowest BCUT2D eigenvalue weighted by Gasteiger charge is -2.31. The first-order valence-corrected chi connectivity index (χ1v) is 15.0. The van der Waals surface area contributed by atoms with Crippen molar-refractivity contribution >= 4 is 33.3 Å². The second-order valence-corrected chi connectivity index (χ2v) is 11.6. The van der Waals surface area contributed by atoms with Crippen molar-refractivity contribution in [3.8, 4) is 27.9 Å². The molecule has 1 unspecified atom stereocenters. The van der Waals surface area contributed by atoms with Gasteiger partial charge >= 0.3 is 0 Å². The lowest BCUT2D eigenvalue weighted by atomic mass is 9.88. The number of para-hydroxylation sites is 1. The molecule has 1 aromatic heterocycles. The summed E-state index contributed by atoms with van der Waals surface area (Å²) in [6.45, 7) is 1.68. The molecule has 10 rings (SSSR count). The summed E-state index contributed by atoms with van der Waals surface area (Å²) in [6.07, 6.45) is 0. The number of aliphatic imine (C=N–C) groups is 1. The Labute approximate surface area is 250 Å². The SMILES string of the molecule is c1ccc2c(c#1)-c1c(ccc3c1c1c4c(ccc1n3-c1ccccc1)-c1ccccc1C1=NCCN14)C2c1ccccc1. The van der Waals surface area contributed by atoms with Gasteiger partial charge in [0.05, 0.1) is 23.3 Å². The van der Waals surface area contributed by atoms with Crippen molar-refractivity contribution in [2.24, 2.45) is 4.99 Å². The van der Waals surface area contributed by atoms with Crippen LogP contribution in [-0.4, -0.2) is 23.5 Å². The van der Waals surface area contributed by atoms with Gasteiger partial charge in [0, 0.05) is 51.2 Å². The highest BCUT2D eigenvalue weighted by molar-refractivity contribution is 6.30. The molecule has 7 aromatic rings. The molecule has 0 bridgehead atoms. The lowest BCUT2D eigenvalue weighted by Crippen LogP contribution is -2.32. The molecular weight excluding hydrogens is 522 g/mol. The van der Waals surface area contributed by atoms with Gasteiger partial charge in [0.15, 0.2) is 0 Å². The molecule has 0 amide bonds. The summed E-state index contributed by atoms with van der Waals surface area (Å²) >= 11 is 0. The zero-order valence-corrected chi connectivity index (χ0v) is 23.4. The van der Waals surface area contributed by atoms with Crippen LogP contribution in [0.25, 0.3) is 49.7 Å². The number of amidine groups is 1. The number of nitrogens with zero attached hydrogens (tertiary/aromatic N) is 3. The van der Waals surface area contributed by atoms with Crippen molar-refractivity contribution in [2.75, 3.05) is 18.0 Å². The van der Waals surface area contributed by atoms with Crippen LogP contribution in [0, 0.1) is 12.1 Å². The van der Waals surface area contributed by atoms with E-state index in [1.165, 1.54) is 66.4 Å². The van der Waals surface area contributed by atoms with Crippen molar-refractivity contribution < 1.29 is 0 Å². The molecule has 1 aliphatic carbocycles. The standard InChI is InChI=1S/C40H25N3/c1-3-11-25(12-4-1)35-28-16-8-9-17-29(28)36-32(35)20-22-33-37(36)38-34(43(33)26-13-5-2-6-14-26)21-19-30-27-15-7-10-18-31(27)40-41-23-24-42(40)39(30)38/h1-8,10-16,18-22,35H,23-24H2. The van der Waals surface area contributed by atoms with Crippen molar-refractivity contribution in [2.45, 2.75) is 5.92 Å². The monoisotopic (exact) mass is 547 g/mol. The van der Waals surface area contributed by atoms with Crippen LogP contribution in [0.15, 0.2) is 126 Å². The maximum absolute atomic E-state index is 5.03. The van der Waals surface area contributed by atoms with E-state index >= 15 is 0 Å². The summed E-state index contributed by atoms with van der Waals surface area (Å²) in [5, 5.41) is 2.57. The topological polar surface area (TPSA) is 20.5 Å². The molecule has 0 spiro atoms. The van der Waals surface area contributed by atoms with E-state index in [4.69, 9.17) is 4.99 Å². The van der Waals surface area contributed by atoms with Crippen molar-refractivity contribution in [1.82, 2.24) is 4.57 Å². The van der Waals surface area contributed by atoms with E-state index in [0.29, 0.717) is 0 Å². The number of benzene rings is 5. The van der Waals surface area contributed by atoms with Crippen LogP contribution in [0.5, 0.6) is 0 Å². The fourth-order valence-electron chi connectivity index (χ4n) is 7.88. The maximum Gasteiger partial charge on any atom is 0.136 e. The molecule has 6 aromatic carbocycles. The Hall–Kier alpha value is -5.59. The summed E-state index contributed by atoms with van der Waals surface area (Å²) in [5.41, 5.74) is 15.0. The number of rotatable bonds is 2. The summed E-state index contributed by atoms with van der Waals surface area (Å²) in [7, 11) is 0. The molecular formula is C40H25N3. The van der Waals surface area contributed by atoms with Gasteiger partial charge in [-0.1, -0.05) is 97.1 Å². The molecule has 0 N–H and O–H groups in total. The normalized spacial score (nSPS) is 15.9. The molecule has 0 fully saturated rings. The zero-order valence-electron chi connectivity index (χ0n) is 23.4. The molecule has 1 atom stereocenters. The number of hydrogen-bond donors (Lipinski definition) is 0. The van der Waals surface area contributed by atoms with E-state index in [-0.39, 0.29) is 5.92 Å². The van der Waals surface area contributed by atoms with Gasteiger partial charge in [-0.3, -0.25) is 4.99 Å². The van der Waals surface area contributed by atoms with Gasteiger partial charge in [0.2, 0.25) is 0 Å². The minimum absolute atomic E-state index is 0.153. The Kier molecular flexibility index (Phi) is 4.54. The number of hydrogen-bond acceptors (Lipinski definition) is 2. The van der Waals surface area contributed by atoms with E-state index in [1.54, 1.807) is 0 Å². The Morgan fingerprint density at radius 2 is 1.40 bits per heavy atom. The van der Waals surface area contributed by atoms with Gasteiger partial charge in [-0.15, -0.1) is 0 Å². The van der Waals surface area contributed by atoms with Gasteiger partial charge in [-0.2, -0.15) is 0 Å². The minimum atomic E-state index is 0.153. The first kappa shape index (κ1) is 23.0. The first-order valence-electron chi connectivity index (χ1n) is 15.0. The molecule has 0 saturated heterocycles. The Morgan fingerprint density at radius 3 is 2.26 bits per heavy atom. The van der Waals surface area contributed by atoms with Crippen LogP contribution >= 0.6 is 0 Å².